The fraction of sp³-hybridized carbons (Fsp3) is 0.0286. The second-order valence-electron chi connectivity index (χ2n) is 39.8. The van der Waals surface area contributed by atoms with Gasteiger partial charge in [0.1, 0.15) is 11.2 Å². The number of fused-ring (bicyclic) bond motifs is 48. The summed E-state index contributed by atoms with van der Waals surface area (Å²) in [5.74, 6) is 0. The lowest BCUT2D eigenvalue weighted by atomic mass is 9.67. The molecule has 4 aliphatic carbocycles. The molecule has 0 radical (unpaired) electrons. The summed E-state index contributed by atoms with van der Waals surface area (Å²) in [7, 11) is 0. The summed E-state index contributed by atoms with van der Waals surface area (Å²) in [4.78, 5) is 7.09. The van der Waals surface area contributed by atoms with Crippen molar-refractivity contribution >= 4 is 226 Å². The lowest BCUT2D eigenvalue weighted by molar-refractivity contribution is 0.670. The van der Waals surface area contributed by atoms with Crippen LogP contribution >= 0.6 is 22.7 Å². The smallest absolute Gasteiger partial charge is 0.136 e. The SMILES string of the molecule is c1ccc(-n2c3ccc4c(c3c3c5ccccc5c5ccccc5c32)-c2ccccc2C4)cc1.c1ccc(C2(c3ccccc3)c3ccc4c(c3-c3c2ccc2ccccc32)-c2ccccc2C4)cc1.c1ccc2c(c1)ccc1c2sc2ccc3[nH]c4ccccc4c3c21.c1ccc2cc3c(cc2c1)Cc1ccc2sc4c5ccccc5ccc4c2c1-3.c1ccc2cc3c(cc2c1)oc1ccc2[nH]c4ccccc4c2c13. The third-order valence-electron chi connectivity index (χ3n) is 32.1. The highest BCUT2D eigenvalue weighted by atomic mass is 32.1. The number of benzene rings is 25. The van der Waals surface area contributed by atoms with E-state index in [1.54, 1.807) is 0 Å². The minimum Gasteiger partial charge on any atom is -0.456 e. The van der Waals surface area contributed by atoms with Crippen LogP contribution in [0.3, 0.4) is 0 Å². The van der Waals surface area contributed by atoms with Gasteiger partial charge >= 0.3 is 0 Å². The standard InChI is InChI=1S/C36H24.C33H21N.C27H16S.C22H13NO.C22H13NS/c1-3-13-27(14-4-1)36(28-15-5-2-6-16-28)31-21-19-24-11-7-9-17-29(24)34(31)35-32(36)22-20-26-23-25-12-8-10-18-30(25)33(26)35;1-2-11-23(12-3-1)34-29-19-18-22-20-21-10-4-5-13-24(21)30(22)32(29)31-27-16-8-6-14-25(27)26-15-7-9-17-28(26)33(31)34;1-2-7-18-15-23-20(13-17(18)6-1)14-19-10-12-24-26(25(19)23)22-11-9-16-5-3-4-8-21(16)27(22)28-24;1-2-6-14-12-20-16(11-13(14)5-1)22-19(24-20)10-9-18-21(22)15-7-3-4-8-17(15)23-18;1-2-6-14-13(5-1)9-10-16-21-19(24-22(14)16)12-11-18-20(21)15-7-3-4-8-17(15)23-18/h1-22H,23H2;1-19H,20H2;1-13,15H,14H2;2*1-12,23H. The highest BCUT2D eigenvalue weighted by Gasteiger charge is 2.49. The quantitative estimate of drug-likeness (QED) is 0.170. The fourth-order valence-electron chi connectivity index (χ4n) is 26.0. The van der Waals surface area contributed by atoms with Crippen molar-refractivity contribution in [3.8, 4) is 50.2 Å². The van der Waals surface area contributed by atoms with Gasteiger partial charge in [0.25, 0.3) is 0 Å². The summed E-state index contributed by atoms with van der Waals surface area (Å²) < 4.78 is 14.2. The van der Waals surface area contributed by atoms with Gasteiger partial charge in [0, 0.05) is 117 Å². The summed E-state index contributed by atoms with van der Waals surface area (Å²) in [6, 6.07) is 175. The Morgan fingerprint density at radius 2 is 0.651 bits per heavy atom. The monoisotopic (exact) mass is 1890 g/mol. The van der Waals surface area contributed by atoms with Gasteiger partial charge in [-0.15, -0.1) is 22.7 Å². The summed E-state index contributed by atoms with van der Waals surface area (Å²) in [6.45, 7) is 0. The zero-order chi connectivity index (χ0) is 95.5. The van der Waals surface area contributed by atoms with Crippen LogP contribution in [0.4, 0.5) is 0 Å². The van der Waals surface area contributed by atoms with Crippen molar-refractivity contribution < 1.29 is 4.42 Å². The number of hydrogen-bond acceptors (Lipinski definition) is 3. The first-order valence-electron chi connectivity index (χ1n) is 50.7. The normalized spacial score (nSPS) is 12.9. The fourth-order valence-corrected chi connectivity index (χ4v) is 28.5. The Balaban J connectivity index is 0.0000000836. The summed E-state index contributed by atoms with van der Waals surface area (Å²) in [5.41, 5.74) is 35.4. The van der Waals surface area contributed by atoms with E-state index in [-0.39, 0.29) is 5.41 Å². The molecule has 6 heterocycles. The van der Waals surface area contributed by atoms with E-state index in [4.69, 9.17) is 4.42 Å². The molecule has 6 heteroatoms. The van der Waals surface area contributed by atoms with Crippen LogP contribution < -0.4 is 0 Å². The first kappa shape index (κ1) is 82.7. The van der Waals surface area contributed by atoms with Gasteiger partial charge in [-0.1, -0.05) is 400 Å². The van der Waals surface area contributed by atoms with Gasteiger partial charge in [-0.2, -0.15) is 0 Å². The molecule has 4 nitrogen and oxygen atoms in total. The van der Waals surface area contributed by atoms with E-state index in [1.807, 2.05) is 22.7 Å². The molecule has 0 aliphatic heterocycles. The van der Waals surface area contributed by atoms with Gasteiger partial charge < -0.3 is 19.0 Å². The molecule has 4 aliphatic rings. The number of aromatic amines is 2. The van der Waals surface area contributed by atoms with E-state index in [9.17, 15) is 0 Å². The molecule has 680 valence electrons. The number of furan rings is 1. The highest BCUT2D eigenvalue weighted by Crippen LogP contribution is 2.63. The predicted octanol–water partition coefficient (Wildman–Crippen LogP) is 38.6. The Hall–Kier alpha value is -18.0. The van der Waals surface area contributed by atoms with Crippen LogP contribution in [-0.4, -0.2) is 14.5 Å². The average Bonchev–Trinajstić information content (AvgIpc) is 1.53. The van der Waals surface area contributed by atoms with Crippen LogP contribution in [0, 0.1) is 0 Å². The Morgan fingerprint density at radius 3 is 1.29 bits per heavy atom. The molecule has 0 amide bonds. The molecular formula is C140H87N3OS2. The van der Waals surface area contributed by atoms with E-state index in [1.165, 1.54) is 287 Å². The predicted molar refractivity (Wildman–Crippen MR) is 623 cm³/mol. The first-order valence-corrected chi connectivity index (χ1v) is 52.3. The number of nitrogens with zero attached hydrogens (tertiary/aromatic N) is 1. The van der Waals surface area contributed by atoms with Crippen LogP contribution in [0.1, 0.15) is 55.6 Å². The molecule has 0 bridgehead atoms. The number of nitrogens with one attached hydrogen (secondary N) is 2. The Labute approximate surface area is 847 Å². The van der Waals surface area contributed by atoms with Gasteiger partial charge in [0.15, 0.2) is 0 Å². The lowest BCUT2D eigenvalue weighted by Crippen LogP contribution is -2.28. The van der Waals surface area contributed by atoms with Crippen molar-refractivity contribution in [1.82, 2.24) is 14.5 Å². The van der Waals surface area contributed by atoms with E-state index in [2.05, 4.69) is 494 Å². The largest absolute Gasteiger partial charge is 0.456 e. The van der Waals surface area contributed by atoms with Gasteiger partial charge in [0.2, 0.25) is 0 Å². The maximum Gasteiger partial charge on any atom is 0.136 e. The summed E-state index contributed by atoms with van der Waals surface area (Å²) >= 11 is 3.84. The maximum atomic E-state index is 6.17. The van der Waals surface area contributed by atoms with Crippen molar-refractivity contribution in [3.63, 3.8) is 0 Å². The van der Waals surface area contributed by atoms with Crippen LogP contribution in [0.5, 0.6) is 0 Å². The Morgan fingerprint density at radius 1 is 0.219 bits per heavy atom. The summed E-state index contributed by atoms with van der Waals surface area (Å²) in [6.07, 6.45) is 3.05. The van der Waals surface area contributed by atoms with E-state index in [0.717, 1.165) is 41.5 Å². The van der Waals surface area contributed by atoms with Crippen molar-refractivity contribution in [2.24, 2.45) is 0 Å². The molecule has 2 N–H and O–H groups in total. The Bertz CT molecular complexity index is 10800. The molecule has 35 rings (SSSR count). The van der Waals surface area contributed by atoms with Crippen LogP contribution in [0.25, 0.3) is 253 Å². The molecule has 0 fully saturated rings. The molecule has 0 spiro atoms. The highest BCUT2D eigenvalue weighted by molar-refractivity contribution is 7.27. The van der Waals surface area contributed by atoms with Crippen molar-refractivity contribution in [3.05, 3.63) is 535 Å². The van der Waals surface area contributed by atoms with E-state index < -0.39 is 0 Å². The molecule has 31 aromatic rings. The molecule has 0 saturated carbocycles. The molecule has 25 aromatic carbocycles. The topological polar surface area (TPSA) is 49.6 Å². The third kappa shape index (κ3) is 12.4. The lowest BCUT2D eigenvalue weighted by Gasteiger charge is -2.34. The maximum absolute atomic E-state index is 6.17. The first-order chi connectivity index (χ1) is 72.4. The molecule has 0 atom stereocenters. The number of para-hydroxylation sites is 3. The Kier molecular flexibility index (Phi) is 18.4. The minimum absolute atomic E-state index is 0.371. The van der Waals surface area contributed by atoms with Crippen molar-refractivity contribution in [1.29, 1.82) is 0 Å². The minimum atomic E-state index is -0.371. The van der Waals surface area contributed by atoms with Crippen molar-refractivity contribution in [2.45, 2.75) is 24.7 Å². The molecule has 6 aromatic heterocycles. The number of rotatable bonds is 3. The second kappa shape index (κ2) is 32.5. The van der Waals surface area contributed by atoms with Crippen molar-refractivity contribution in [2.75, 3.05) is 0 Å². The molecule has 0 unspecified atom stereocenters. The zero-order valence-corrected chi connectivity index (χ0v) is 81.0. The number of thiophene rings is 2. The molecule has 146 heavy (non-hydrogen) atoms. The zero-order valence-electron chi connectivity index (χ0n) is 79.4. The van der Waals surface area contributed by atoms with Gasteiger partial charge in [-0.25, -0.2) is 0 Å². The number of hydrogen-bond donors (Lipinski definition) is 2. The number of aromatic nitrogens is 3. The van der Waals surface area contributed by atoms with Crippen LogP contribution in [0.15, 0.2) is 484 Å². The summed E-state index contributed by atoms with van der Waals surface area (Å²) in [5, 5.41) is 34.2. The molecule has 0 saturated heterocycles. The van der Waals surface area contributed by atoms with Gasteiger partial charge in [-0.3, -0.25) is 0 Å². The third-order valence-corrected chi connectivity index (χ3v) is 34.5. The van der Waals surface area contributed by atoms with E-state index >= 15 is 0 Å². The van der Waals surface area contributed by atoms with E-state index in [0.29, 0.717) is 0 Å². The second-order valence-corrected chi connectivity index (χ2v) is 41.9. The van der Waals surface area contributed by atoms with Crippen LogP contribution in [0.2, 0.25) is 0 Å². The van der Waals surface area contributed by atoms with Gasteiger partial charge in [-0.05, 0) is 268 Å². The average molecular weight is 1890 g/mol. The number of H-pyrrole nitrogens is 2. The molecular weight excluding hydrogens is 1800 g/mol. The van der Waals surface area contributed by atoms with Crippen LogP contribution in [-0.2, 0) is 24.7 Å². The van der Waals surface area contributed by atoms with Gasteiger partial charge in [0.05, 0.1) is 16.4 Å².